The van der Waals surface area contributed by atoms with Crippen molar-refractivity contribution < 1.29 is 33.0 Å². The number of carbonyl (C=O) groups is 2. The molecule has 1 amide bonds. The average Bonchev–Trinajstić information content (AvgIpc) is 3.19. The third-order valence-corrected chi connectivity index (χ3v) is 5.09. The van der Waals surface area contributed by atoms with E-state index in [2.05, 4.69) is 0 Å². The van der Waals surface area contributed by atoms with E-state index in [-0.39, 0.29) is 30.3 Å². The highest BCUT2D eigenvalue weighted by molar-refractivity contribution is 5.88. The molecule has 1 aliphatic heterocycles. The number of para-hydroxylation sites is 1. The first-order valence-electron chi connectivity index (χ1n) is 9.92. The highest BCUT2D eigenvalue weighted by Crippen LogP contribution is 2.46. The number of esters is 1. The fraction of sp³-hybridized carbons (Fsp3) is 0.261. The van der Waals surface area contributed by atoms with E-state index < -0.39 is 29.5 Å². The molecule has 0 unspecified atom stereocenters. The van der Waals surface area contributed by atoms with Crippen LogP contribution in [0.15, 0.2) is 51.7 Å². The van der Waals surface area contributed by atoms with Gasteiger partial charge in [0.2, 0.25) is 6.10 Å². The Hall–Kier alpha value is -4.01. The topological polar surface area (TPSA) is 127 Å². The third-order valence-electron chi connectivity index (χ3n) is 5.09. The van der Waals surface area contributed by atoms with Gasteiger partial charge in [-0.3, -0.25) is 4.79 Å². The summed E-state index contributed by atoms with van der Waals surface area (Å²) in [6.07, 6.45) is -1.10. The largest absolute Gasteiger partial charge is 0.493 e. The quantitative estimate of drug-likeness (QED) is 0.438. The average molecular weight is 439 g/mol. The molecule has 32 heavy (non-hydrogen) atoms. The molecule has 0 radical (unpaired) electrons. The molecule has 1 aliphatic rings. The third kappa shape index (κ3) is 3.73. The molecule has 1 aromatic heterocycles. The molecule has 0 saturated heterocycles. The number of rotatable bonds is 7. The van der Waals surface area contributed by atoms with Gasteiger partial charge in [-0.2, -0.15) is 0 Å². The van der Waals surface area contributed by atoms with E-state index in [9.17, 15) is 14.4 Å². The van der Waals surface area contributed by atoms with Gasteiger partial charge >= 0.3 is 11.6 Å². The number of primary amides is 1. The van der Waals surface area contributed by atoms with E-state index >= 15 is 0 Å². The van der Waals surface area contributed by atoms with Crippen molar-refractivity contribution in [3.05, 3.63) is 64.0 Å². The van der Waals surface area contributed by atoms with Crippen molar-refractivity contribution >= 4 is 22.8 Å². The molecule has 9 nitrogen and oxygen atoms in total. The highest BCUT2D eigenvalue weighted by Gasteiger charge is 2.45. The Morgan fingerprint density at radius 2 is 1.91 bits per heavy atom. The minimum absolute atomic E-state index is 0.153. The van der Waals surface area contributed by atoms with Crippen molar-refractivity contribution in [1.82, 2.24) is 0 Å². The van der Waals surface area contributed by atoms with E-state index in [4.69, 9.17) is 29.1 Å². The van der Waals surface area contributed by atoms with Crippen molar-refractivity contribution in [3.63, 3.8) is 0 Å². The van der Waals surface area contributed by atoms with Gasteiger partial charge in [-0.05, 0) is 36.8 Å². The number of nitrogens with two attached hydrogens (primary N) is 1. The van der Waals surface area contributed by atoms with E-state index in [1.165, 1.54) is 7.11 Å². The molecule has 3 aromatic rings. The summed E-state index contributed by atoms with van der Waals surface area (Å²) in [6.45, 7) is 1.51. The number of fused-ring (bicyclic) bond motifs is 3. The number of ether oxygens (including phenoxy) is 4. The molecule has 0 bridgehead atoms. The van der Waals surface area contributed by atoms with Crippen molar-refractivity contribution in [2.24, 2.45) is 5.73 Å². The summed E-state index contributed by atoms with van der Waals surface area (Å²) in [5, 5.41) is 0.576. The second kappa shape index (κ2) is 8.62. The monoisotopic (exact) mass is 439 g/mol. The zero-order valence-corrected chi connectivity index (χ0v) is 17.5. The van der Waals surface area contributed by atoms with Crippen molar-refractivity contribution in [1.29, 1.82) is 0 Å². The summed E-state index contributed by atoms with van der Waals surface area (Å²) in [5.41, 5.74) is 5.65. The van der Waals surface area contributed by atoms with E-state index in [0.717, 1.165) is 0 Å². The summed E-state index contributed by atoms with van der Waals surface area (Å²) in [4.78, 5) is 36.7. The van der Waals surface area contributed by atoms with Crippen molar-refractivity contribution in [2.45, 2.75) is 18.9 Å². The van der Waals surface area contributed by atoms with E-state index in [1.807, 2.05) is 0 Å². The Bertz CT molecular complexity index is 1250. The van der Waals surface area contributed by atoms with Crippen molar-refractivity contribution in [3.8, 4) is 17.2 Å². The molecule has 2 aromatic carbocycles. The van der Waals surface area contributed by atoms with Crippen LogP contribution in [-0.4, -0.2) is 38.3 Å². The van der Waals surface area contributed by atoms with Gasteiger partial charge in [0.1, 0.15) is 11.3 Å². The van der Waals surface area contributed by atoms with Crippen LogP contribution in [0.4, 0.5) is 0 Å². The minimum atomic E-state index is -1.10. The molecule has 166 valence electrons. The van der Waals surface area contributed by atoms with Crippen LogP contribution in [-0.2, 0) is 14.3 Å². The smallest absolute Gasteiger partial charge is 0.348 e. The van der Waals surface area contributed by atoms with Gasteiger partial charge in [0.05, 0.1) is 30.6 Å². The van der Waals surface area contributed by atoms with Gasteiger partial charge in [0.15, 0.2) is 18.1 Å². The van der Waals surface area contributed by atoms with Gasteiger partial charge in [0.25, 0.3) is 5.91 Å². The van der Waals surface area contributed by atoms with Crippen LogP contribution < -0.4 is 25.6 Å². The molecule has 0 spiro atoms. The molecule has 0 aliphatic carbocycles. The van der Waals surface area contributed by atoms with Crippen LogP contribution in [0.2, 0.25) is 0 Å². The number of carbonyl (C=O) groups excluding carboxylic acids is 2. The highest BCUT2D eigenvalue weighted by atomic mass is 16.6. The molecule has 2 atom stereocenters. The second-order valence-electron chi connectivity index (χ2n) is 7.06. The van der Waals surface area contributed by atoms with Gasteiger partial charge < -0.3 is 29.1 Å². The lowest BCUT2D eigenvalue weighted by molar-refractivity contribution is -0.151. The maximum atomic E-state index is 12.9. The zero-order chi connectivity index (χ0) is 22.8. The number of hydrogen-bond donors (Lipinski definition) is 1. The van der Waals surface area contributed by atoms with E-state index in [1.54, 1.807) is 49.4 Å². The number of amides is 1. The van der Waals surface area contributed by atoms with E-state index in [0.29, 0.717) is 22.3 Å². The van der Waals surface area contributed by atoms with Gasteiger partial charge in [0, 0.05) is 0 Å². The molecule has 9 heteroatoms. The summed E-state index contributed by atoms with van der Waals surface area (Å²) >= 11 is 0. The van der Waals surface area contributed by atoms with Crippen LogP contribution in [0, 0.1) is 0 Å². The fourth-order valence-electron chi connectivity index (χ4n) is 3.77. The molecule has 4 rings (SSSR count). The Kier molecular flexibility index (Phi) is 5.72. The Labute approximate surface area is 182 Å². The molecule has 0 fully saturated rings. The Balaban J connectivity index is 1.86. The normalized spacial score (nSPS) is 16.8. The molecular weight excluding hydrogens is 418 g/mol. The molecule has 2 N–H and O–H groups in total. The zero-order valence-electron chi connectivity index (χ0n) is 17.5. The number of methoxy groups -OCH3 is 1. The number of hydrogen-bond acceptors (Lipinski definition) is 8. The van der Waals surface area contributed by atoms with Crippen LogP contribution in [0.25, 0.3) is 11.0 Å². The van der Waals surface area contributed by atoms with Gasteiger partial charge in [-0.15, -0.1) is 0 Å². The lowest BCUT2D eigenvalue weighted by atomic mass is 9.88. The van der Waals surface area contributed by atoms with Crippen LogP contribution >= 0.6 is 0 Å². The Morgan fingerprint density at radius 3 is 2.62 bits per heavy atom. The lowest BCUT2D eigenvalue weighted by Crippen LogP contribution is -2.32. The second-order valence-corrected chi connectivity index (χ2v) is 7.06. The predicted octanol–water partition coefficient (Wildman–Crippen LogP) is 2.12. The fourth-order valence-corrected chi connectivity index (χ4v) is 3.77. The molecule has 2 heterocycles. The first-order valence-corrected chi connectivity index (χ1v) is 9.92. The maximum Gasteiger partial charge on any atom is 0.348 e. The summed E-state index contributed by atoms with van der Waals surface area (Å²) in [7, 11) is 1.43. The lowest BCUT2D eigenvalue weighted by Gasteiger charge is -2.19. The van der Waals surface area contributed by atoms with Gasteiger partial charge in [-0.1, -0.05) is 18.2 Å². The standard InChI is InChI=1S/C23H21NO8/c1-3-29-23(27)21-18(12-8-9-15(16(10-12)28-2)30-11-17(24)25)19-20(32-21)13-6-4-5-7-14(13)31-22(19)26/h4-10,18,21H,3,11H2,1-2H3,(H2,24,25)/t18-,21-/m0/s1. The van der Waals surface area contributed by atoms with Gasteiger partial charge in [-0.25, -0.2) is 9.59 Å². The molecular formula is C23H21NO8. The first kappa shape index (κ1) is 21.2. The first-order chi connectivity index (χ1) is 15.4. The molecule has 0 saturated carbocycles. The van der Waals surface area contributed by atoms with Crippen molar-refractivity contribution in [2.75, 3.05) is 20.3 Å². The van der Waals surface area contributed by atoms with Crippen LogP contribution in [0.5, 0.6) is 17.2 Å². The van der Waals surface area contributed by atoms with Crippen LogP contribution in [0.3, 0.4) is 0 Å². The van der Waals surface area contributed by atoms with Crippen LogP contribution in [0.1, 0.15) is 24.0 Å². The maximum absolute atomic E-state index is 12.9. The Morgan fingerprint density at radius 1 is 1.12 bits per heavy atom. The summed E-state index contributed by atoms with van der Waals surface area (Å²) < 4.78 is 27.4. The summed E-state index contributed by atoms with van der Waals surface area (Å²) in [5.74, 6) is -1.18. The predicted molar refractivity (Wildman–Crippen MR) is 113 cm³/mol. The summed E-state index contributed by atoms with van der Waals surface area (Å²) in [6, 6.07) is 11.8. The SMILES string of the molecule is CCOC(=O)[C@H]1Oc2c(c(=O)oc3ccccc23)[C@@H]1c1ccc(OCC(N)=O)c(OC)c1. The number of benzene rings is 2. The minimum Gasteiger partial charge on any atom is -0.493 e.